The molecule has 9 nitrogen and oxygen atoms in total. The lowest BCUT2D eigenvalue weighted by Crippen LogP contribution is -2.48. The van der Waals surface area contributed by atoms with E-state index >= 15 is 0 Å². The van der Waals surface area contributed by atoms with Crippen LogP contribution in [0.2, 0.25) is 0 Å². The molecule has 2 aliphatic heterocycles. The molecule has 0 radical (unpaired) electrons. The largest absolute Gasteiger partial charge is 0.339 e. The molecule has 2 aromatic carbocycles. The topological polar surface area (TPSA) is 103 Å². The molecule has 0 spiro atoms. The molecule has 0 aliphatic carbocycles. The van der Waals surface area contributed by atoms with Crippen molar-refractivity contribution in [2.24, 2.45) is 0 Å². The van der Waals surface area contributed by atoms with E-state index in [1.54, 1.807) is 0 Å². The fourth-order valence-corrected chi connectivity index (χ4v) is 5.48. The maximum absolute atomic E-state index is 13.0. The van der Waals surface area contributed by atoms with Crippen molar-refractivity contribution in [3.05, 3.63) is 70.5 Å². The first-order valence-electron chi connectivity index (χ1n) is 12.6. The highest BCUT2D eigenvalue weighted by molar-refractivity contribution is 5.97. The molecule has 6 rings (SSSR count). The molecule has 9 heteroatoms. The van der Waals surface area contributed by atoms with Crippen LogP contribution in [0.25, 0.3) is 11.0 Å². The number of carbonyl (C=O) groups excluding carboxylic acids is 1. The molecule has 1 saturated heterocycles. The number of hydrogen-bond donors (Lipinski definition) is 2. The molecule has 0 atom stereocenters. The fourth-order valence-electron chi connectivity index (χ4n) is 5.48. The average Bonchev–Trinajstić information content (AvgIpc) is 3.35. The van der Waals surface area contributed by atoms with Gasteiger partial charge >= 0.3 is 0 Å². The van der Waals surface area contributed by atoms with Crippen LogP contribution in [0, 0.1) is 13.8 Å². The van der Waals surface area contributed by atoms with Gasteiger partial charge in [0.15, 0.2) is 0 Å². The number of likely N-dealkylation sites (tertiary alicyclic amines) is 1. The van der Waals surface area contributed by atoms with E-state index in [0.29, 0.717) is 17.6 Å². The number of nitrogens with one attached hydrogen (secondary N) is 2. The summed E-state index contributed by atoms with van der Waals surface area (Å²) in [5.74, 6) is 0.724. The van der Waals surface area contributed by atoms with Crippen LogP contribution < -0.4 is 5.32 Å². The molecule has 0 unspecified atom stereocenters. The first kappa shape index (κ1) is 22.6. The molecule has 184 valence electrons. The molecule has 1 fully saturated rings. The van der Waals surface area contributed by atoms with Gasteiger partial charge in [0.1, 0.15) is 5.52 Å². The van der Waals surface area contributed by atoms with Gasteiger partial charge in [0.2, 0.25) is 5.95 Å². The number of aromatic nitrogens is 5. The van der Waals surface area contributed by atoms with E-state index in [1.807, 2.05) is 29.3 Å². The van der Waals surface area contributed by atoms with Crippen molar-refractivity contribution in [1.29, 1.82) is 0 Å². The quantitative estimate of drug-likeness (QED) is 0.456. The van der Waals surface area contributed by atoms with Crippen LogP contribution in [0.15, 0.2) is 42.6 Å². The Morgan fingerprint density at radius 2 is 1.86 bits per heavy atom. The molecule has 2 N–H and O–H groups in total. The lowest BCUT2D eigenvalue weighted by Gasteiger charge is -2.40. The predicted molar refractivity (Wildman–Crippen MR) is 138 cm³/mol. The minimum absolute atomic E-state index is 0.0690. The Balaban J connectivity index is 1.07. The Bertz CT molecular complexity index is 1400. The number of aromatic amines is 1. The van der Waals surface area contributed by atoms with E-state index in [1.165, 1.54) is 16.7 Å². The van der Waals surface area contributed by atoms with Crippen molar-refractivity contribution in [3.8, 4) is 0 Å². The van der Waals surface area contributed by atoms with E-state index in [0.717, 1.165) is 67.9 Å². The van der Waals surface area contributed by atoms with Gasteiger partial charge in [-0.2, -0.15) is 0 Å². The number of hydrogen-bond acceptors (Lipinski definition) is 7. The number of carbonyl (C=O) groups is 1. The number of aryl methyl sites for hydroxylation is 2. The second-order valence-electron chi connectivity index (χ2n) is 9.95. The number of fused-ring (bicyclic) bond motifs is 2. The molecular weight excluding hydrogens is 452 g/mol. The zero-order valence-electron chi connectivity index (χ0n) is 20.7. The van der Waals surface area contributed by atoms with Gasteiger partial charge in [0, 0.05) is 61.7 Å². The molecule has 36 heavy (non-hydrogen) atoms. The molecule has 0 saturated carbocycles. The van der Waals surface area contributed by atoms with Gasteiger partial charge < -0.3 is 10.2 Å². The SMILES string of the molecule is Cc1cc(C)cc(Nc2ncc3c(n2)CCN(C2CCN(C(=O)c4ccc5[nH]nnc5c4)CC2)C3)c1. The summed E-state index contributed by atoms with van der Waals surface area (Å²) in [4.78, 5) is 27.0. The van der Waals surface area contributed by atoms with Crippen LogP contribution in [0.4, 0.5) is 11.6 Å². The van der Waals surface area contributed by atoms with Crippen LogP contribution in [0.5, 0.6) is 0 Å². The maximum Gasteiger partial charge on any atom is 0.253 e. The molecule has 2 aliphatic rings. The van der Waals surface area contributed by atoms with Crippen molar-refractivity contribution < 1.29 is 4.79 Å². The smallest absolute Gasteiger partial charge is 0.253 e. The van der Waals surface area contributed by atoms with Gasteiger partial charge in [-0.1, -0.05) is 11.3 Å². The molecule has 1 amide bonds. The highest BCUT2D eigenvalue weighted by atomic mass is 16.2. The summed E-state index contributed by atoms with van der Waals surface area (Å²) < 4.78 is 0. The van der Waals surface area contributed by atoms with Crippen molar-refractivity contribution in [2.45, 2.75) is 45.7 Å². The summed E-state index contributed by atoms with van der Waals surface area (Å²) in [6.45, 7) is 7.56. The highest BCUT2D eigenvalue weighted by Gasteiger charge is 2.30. The Morgan fingerprint density at radius 3 is 2.67 bits per heavy atom. The van der Waals surface area contributed by atoms with Gasteiger partial charge in [-0.3, -0.25) is 14.8 Å². The van der Waals surface area contributed by atoms with Crippen LogP contribution in [0.1, 0.15) is 45.6 Å². The van der Waals surface area contributed by atoms with E-state index in [2.05, 4.69) is 62.7 Å². The molecule has 2 aromatic heterocycles. The van der Waals surface area contributed by atoms with E-state index in [4.69, 9.17) is 4.98 Å². The number of benzene rings is 2. The Hall–Kier alpha value is -3.85. The second kappa shape index (κ2) is 9.31. The Morgan fingerprint density at radius 1 is 1.06 bits per heavy atom. The second-order valence-corrected chi connectivity index (χ2v) is 9.95. The highest BCUT2D eigenvalue weighted by Crippen LogP contribution is 2.26. The van der Waals surface area contributed by atoms with Gasteiger partial charge in [-0.25, -0.2) is 9.97 Å². The lowest BCUT2D eigenvalue weighted by atomic mass is 9.98. The third-order valence-corrected chi connectivity index (χ3v) is 7.28. The summed E-state index contributed by atoms with van der Waals surface area (Å²) in [5, 5.41) is 14.0. The Labute approximate surface area is 209 Å². The summed E-state index contributed by atoms with van der Waals surface area (Å²) in [6, 6.07) is 12.4. The summed E-state index contributed by atoms with van der Waals surface area (Å²) in [5.41, 5.74) is 8.02. The standard InChI is InChI=1S/C27H30N8O/c1-17-11-18(2)13-21(12-17)29-27-28-15-20-16-35(10-7-23(20)30-27)22-5-8-34(9-6-22)26(36)19-3-4-24-25(14-19)32-33-31-24/h3-4,11-15,22H,5-10,16H2,1-2H3,(H,28,29,30)(H,31,32,33). The van der Waals surface area contributed by atoms with Gasteiger partial charge in [0.05, 0.1) is 11.2 Å². The van der Waals surface area contributed by atoms with Crippen LogP contribution in [-0.4, -0.2) is 66.8 Å². The normalized spacial score (nSPS) is 16.8. The van der Waals surface area contributed by atoms with Gasteiger partial charge in [-0.05, 0) is 68.1 Å². The van der Waals surface area contributed by atoms with Crippen molar-refractivity contribution in [2.75, 3.05) is 25.0 Å². The Kier molecular flexibility index (Phi) is 5.85. The number of anilines is 2. The van der Waals surface area contributed by atoms with Gasteiger partial charge in [0.25, 0.3) is 5.91 Å². The number of piperidine rings is 1. The lowest BCUT2D eigenvalue weighted by molar-refractivity contribution is 0.0598. The van der Waals surface area contributed by atoms with Crippen molar-refractivity contribution >= 4 is 28.6 Å². The first-order chi connectivity index (χ1) is 17.5. The first-order valence-corrected chi connectivity index (χ1v) is 12.6. The number of H-pyrrole nitrogens is 1. The maximum atomic E-state index is 13.0. The zero-order chi connectivity index (χ0) is 24.6. The predicted octanol–water partition coefficient (Wildman–Crippen LogP) is 3.77. The molecule has 4 heterocycles. The zero-order valence-corrected chi connectivity index (χ0v) is 20.7. The van der Waals surface area contributed by atoms with Gasteiger partial charge in [-0.15, -0.1) is 5.10 Å². The minimum atomic E-state index is 0.0690. The number of rotatable bonds is 4. The molecule has 0 bridgehead atoms. The fraction of sp³-hybridized carbons (Fsp3) is 0.370. The van der Waals surface area contributed by atoms with Crippen LogP contribution in [0.3, 0.4) is 0 Å². The van der Waals surface area contributed by atoms with Crippen LogP contribution in [-0.2, 0) is 13.0 Å². The van der Waals surface area contributed by atoms with E-state index < -0.39 is 0 Å². The third kappa shape index (κ3) is 4.54. The minimum Gasteiger partial charge on any atom is -0.339 e. The molecular formula is C27H30N8O. The molecule has 4 aromatic rings. The van der Waals surface area contributed by atoms with E-state index in [9.17, 15) is 4.79 Å². The summed E-state index contributed by atoms with van der Waals surface area (Å²) in [6.07, 6.45) is 4.83. The summed E-state index contributed by atoms with van der Waals surface area (Å²) in [7, 11) is 0. The monoisotopic (exact) mass is 482 g/mol. The van der Waals surface area contributed by atoms with Crippen molar-refractivity contribution in [3.63, 3.8) is 0 Å². The summed E-state index contributed by atoms with van der Waals surface area (Å²) >= 11 is 0. The average molecular weight is 483 g/mol. The number of nitrogens with zero attached hydrogens (tertiary/aromatic N) is 6. The van der Waals surface area contributed by atoms with E-state index in [-0.39, 0.29) is 5.91 Å². The van der Waals surface area contributed by atoms with Crippen LogP contribution >= 0.6 is 0 Å². The third-order valence-electron chi connectivity index (χ3n) is 7.28. The number of amides is 1. The van der Waals surface area contributed by atoms with Crippen molar-refractivity contribution in [1.82, 2.24) is 35.2 Å².